The van der Waals surface area contributed by atoms with Gasteiger partial charge in [0, 0.05) is 0 Å². The summed E-state index contributed by atoms with van der Waals surface area (Å²) in [5.41, 5.74) is 10.4. The van der Waals surface area contributed by atoms with Gasteiger partial charge in [0.2, 0.25) is 0 Å². The van der Waals surface area contributed by atoms with Gasteiger partial charge in [0.1, 0.15) is 0 Å². The zero-order valence-electron chi connectivity index (χ0n) is 21.8. The summed E-state index contributed by atoms with van der Waals surface area (Å²) in [5.74, 6) is 0. The van der Waals surface area contributed by atoms with Crippen LogP contribution in [-0.2, 0) is 38.5 Å². The van der Waals surface area contributed by atoms with E-state index in [1.165, 1.54) is 33.4 Å². The second kappa shape index (κ2) is 9.24. The van der Waals surface area contributed by atoms with Gasteiger partial charge in [-0.25, -0.2) is 0 Å². The van der Waals surface area contributed by atoms with Crippen molar-refractivity contribution in [2.75, 3.05) is 0 Å². The molecule has 0 saturated heterocycles. The molecule has 0 N–H and O–H groups in total. The zero-order chi connectivity index (χ0) is 25.0. The minimum atomic E-state index is -2.33. The molecule has 0 nitrogen and oxygen atoms in total. The SMILES string of the molecule is CC(C)(C)c1ccc2c(c1)-c1cc(C(C)(C)C)c[c](/[Zr](=[CH]\c3ccc(Cl)cc3)[C]3=CC=CC3)c1C2. The van der Waals surface area contributed by atoms with E-state index in [-0.39, 0.29) is 10.8 Å². The molecule has 35 heavy (non-hydrogen) atoms. The Morgan fingerprint density at radius 1 is 0.800 bits per heavy atom. The van der Waals surface area contributed by atoms with Gasteiger partial charge in [0.25, 0.3) is 0 Å². The fraction of sp³-hybridized carbons (Fsp3) is 0.303. The van der Waals surface area contributed by atoms with E-state index in [9.17, 15) is 0 Å². The van der Waals surface area contributed by atoms with Gasteiger partial charge in [0.15, 0.2) is 0 Å². The Bertz CT molecular complexity index is 1390. The number of hydrogen-bond donors (Lipinski definition) is 0. The maximum absolute atomic E-state index is 6.22. The van der Waals surface area contributed by atoms with Crippen molar-refractivity contribution in [3.63, 3.8) is 0 Å². The monoisotopic (exact) mass is 556 g/mol. The Kier molecular flexibility index (Phi) is 6.57. The molecular weight excluding hydrogens is 523 g/mol. The summed E-state index contributed by atoms with van der Waals surface area (Å²) in [5, 5.41) is 0.801. The third-order valence-corrected chi connectivity index (χ3v) is 14.3. The van der Waals surface area contributed by atoms with Crippen LogP contribution >= 0.6 is 11.6 Å². The number of halogens is 1. The van der Waals surface area contributed by atoms with Crippen LogP contribution in [-0.4, -0.2) is 3.71 Å². The quantitative estimate of drug-likeness (QED) is 0.237. The first-order valence-corrected chi connectivity index (χ1v) is 16.9. The Balaban J connectivity index is 1.76. The summed E-state index contributed by atoms with van der Waals surface area (Å²) in [4.78, 5) is 0. The molecule has 0 aromatic heterocycles. The van der Waals surface area contributed by atoms with Gasteiger partial charge in [-0.1, -0.05) is 0 Å². The molecule has 0 atom stereocenters. The van der Waals surface area contributed by atoms with Crippen molar-refractivity contribution in [2.45, 2.75) is 65.2 Å². The maximum atomic E-state index is 6.22. The van der Waals surface area contributed by atoms with Crippen molar-refractivity contribution in [3.8, 4) is 11.1 Å². The Morgan fingerprint density at radius 3 is 2.11 bits per heavy atom. The van der Waals surface area contributed by atoms with Crippen LogP contribution in [0.5, 0.6) is 0 Å². The van der Waals surface area contributed by atoms with Crippen LogP contribution in [0.3, 0.4) is 0 Å². The van der Waals surface area contributed by atoms with Crippen molar-refractivity contribution in [1.29, 1.82) is 0 Å². The molecular formula is C33H35ClZr. The molecule has 0 spiro atoms. The molecule has 0 saturated carbocycles. The van der Waals surface area contributed by atoms with E-state index in [0.29, 0.717) is 0 Å². The van der Waals surface area contributed by atoms with Gasteiger partial charge in [-0.2, -0.15) is 0 Å². The van der Waals surface area contributed by atoms with Crippen LogP contribution in [0.2, 0.25) is 5.02 Å². The van der Waals surface area contributed by atoms with Gasteiger partial charge in [0.05, 0.1) is 0 Å². The first-order valence-electron chi connectivity index (χ1n) is 12.7. The number of hydrogen-bond acceptors (Lipinski definition) is 0. The fourth-order valence-corrected chi connectivity index (χ4v) is 11.9. The molecule has 178 valence electrons. The van der Waals surface area contributed by atoms with Crippen molar-refractivity contribution in [1.82, 2.24) is 0 Å². The first kappa shape index (κ1) is 24.9. The van der Waals surface area contributed by atoms with E-state index in [2.05, 4.69) is 106 Å². The van der Waals surface area contributed by atoms with Crippen LogP contribution in [0, 0.1) is 0 Å². The molecule has 0 aliphatic heterocycles. The molecule has 0 heterocycles. The van der Waals surface area contributed by atoms with E-state index in [4.69, 9.17) is 11.6 Å². The summed E-state index contributed by atoms with van der Waals surface area (Å²) >= 11 is 3.88. The molecule has 3 aromatic rings. The molecule has 0 unspecified atom stereocenters. The molecule has 2 heteroatoms. The standard InChI is InChI=1S/C21H25.C7H5Cl.C5H5.Zr/c1-20(2,3)16-9-7-14-11-15-8-10-17(21(4,5)6)13-19(15)18(14)12-16;1-6-2-4-7(8)5-3-6;1-2-4-5-3-1;/h7,9-10,12-13H,11H2,1-6H3;1-5H;1-3H,4H2;. The van der Waals surface area contributed by atoms with Crippen molar-refractivity contribution < 1.29 is 21.3 Å². The van der Waals surface area contributed by atoms with Crippen LogP contribution in [0.25, 0.3) is 11.1 Å². The van der Waals surface area contributed by atoms with E-state index < -0.39 is 21.3 Å². The van der Waals surface area contributed by atoms with Gasteiger partial charge in [-0.15, -0.1) is 0 Å². The summed E-state index contributed by atoms with van der Waals surface area (Å²) in [7, 11) is 0. The van der Waals surface area contributed by atoms with Gasteiger partial charge in [-0.3, -0.25) is 0 Å². The summed E-state index contributed by atoms with van der Waals surface area (Å²) < 4.78 is 5.93. The molecule has 2 aliphatic carbocycles. The van der Waals surface area contributed by atoms with E-state index >= 15 is 0 Å². The third kappa shape index (κ3) is 5.05. The van der Waals surface area contributed by atoms with Crippen molar-refractivity contribution in [2.24, 2.45) is 0 Å². The summed E-state index contributed by atoms with van der Waals surface area (Å²) in [6.07, 6.45) is 9.12. The third-order valence-electron chi connectivity index (χ3n) is 7.34. The average molecular weight is 558 g/mol. The van der Waals surface area contributed by atoms with Gasteiger partial charge in [-0.05, 0) is 0 Å². The number of rotatable bonds is 3. The second-order valence-corrected chi connectivity index (χ2v) is 18.1. The molecule has 5 rings (SSSR count). The average Bonchev–Trinajstić information content (AvgIpc) is 3.44. The molecule has 0 fully saturated rings. The minimum absolute atomic E-state index is 0.102. The first-order chi connectivity index (χ1) is 16.5. The second-order valence-electron chi connectivity index (χ2n) is 12.0. The summed E-state index contributed by atoms with van der Waals surface area (Å²) in [6.45, 7) is 14.0. The van der Waals surface area contributed by atoms with E-state index in [0.717, 1.165) is 17.9 Å². The molecule has 0 bridgehead atoms. The van der Waals surface area contributed by atoms with E-state index in [1.807, 2.05) is 12.1 Å². The zero-order valence-corrected chi connectivity index (χ0v) is 25.0. The van der Waals surface area contributed by atoms with Crippen molar-refractivity contribution in [3.05, 3.63) is 109 Å². The van der Waals surface area contributed by atoms with Gasteiger partial charge >= 0.3 is 225 Å². The van der Waals surface area contributed by atoms with Crippen LogP contribution in [0.1, 0.15) is 75.8 Å². The molecule has 2 aliphatic rings. The predicted molar refractivity (Wildman–Crippen MR) is 150 cm³/mol. The van der Waals surface area contributed by atoms with Crippen molar-refractivity contribution >= 4 is 18.6 Å². The Hall–Kier alpha value is -1.82. The Morgan fingerprint density at radius 2 is 1.49 bits per heavy atom. The number of fused-ring (bicyclic) bond motifs is 3. The predicted octanol–water partition coefficient (Wildman–Crippen LogP) is 8.44. The van der Waals surface area contributed by atoms with E-state index in [1.54, 1.807) is 12.1 Å². The molecule has 0 amide bonds. The van der Waals surface area contributed by atoms with Crippen LogP contribution in [0.4, 0.5) is 0 Å². The molecule has 0 radical (unpaired) electrons. The van der Waals surface area contributed by atoms with Crippen LogP contribution < -0.4 is 3.27 Å². The summed E-state index contributed by atoms with van der Waals surface area (Å²) in [6, 6.07) is 20.7. The van der Waals surface area contributed by atoms with Crippen LogP contribution in [0.15, 0.2) is 76.1 Å². The fourth-order valence-electron chi connectivity index (χ4n) is 5.13. The van der Waals surface area contributed by atoms with Gasteiger partial charge < -0.3 is 0 Å². The number of allylic oxidation sites excluding steroid dienone is 4. The molecule has 3 aromatic carbocycles. The topological polar surface area (TPSA) is 0 Å². The normalized spacial score (nSPS) is 15.3. The Labute approximate surface area is 223 Å². The number of benzene rings is 3.